The lowest BCUT2D eigenvalue weighted by Gasteiger charge is -2.04. The van der Waals surface area contributed by atoms with Crippen LogP contribution in [0.25, 0.3) is 0 Å². The normalized spacial score (nSPS) is 20.4. The van der Waals surface area contributed by atoms with E-state index in [1.807, 2.05) is 31.2 Å². The number of hydrogen-bond donors (Lipinski definition) is 0. The Kier molecular flexibility index (Phi) is 1.81. The molecule has 1 aliphatic heterocycles. The molecule has 1 atom stereocenters. The van der Waals surface area contributed by atoms with Crippen molar-refractivity contribution in [3.8, 4) is 0 Å². The van der Waals surface area contributed by atoms with Crippen molar-refractivity contribution in [3.05, 3.63) is 35.4 Å². The Morgan fingerprint density at radius 2 is 2.00 bits per heavy atom. The van der Waals surface area contributed by atoms with E-state index in [-0.39, 0.29) is 0 Å². The number of benzene rings is 1. The SMILES string of the molecule is Cc1ccc(C2N=NC(=O)O2)cc1. The third-order valence-electron chi connectivity index (χ3n) is 1.82. The summed E-state index contributed by atoms with van der Waals surface area (Å²) in [5.74, 6) is 0. The van der Waals surface area contributed by atoms with Gasteiger partial charge in [0.2, 0.25) is 6.23 Å². The molecule has 0 fully saturated rings. The number of nitrogens with zero attached hydrogens (tertiary/aromatic N) is 2. The summed E-state index contributed by atoms with van der Waals surface area (Å²) in [5, 5.41) is 6.95. The van der Waals surface area contributed by atoms with Crippen molar-refractivity contribution >= 4 is 6.09 Å². The quantitative estimate of drug-likeness (QED) is 0.660. The van der Waals surface area contributed by atoms with Gasteiger partial charge in [-0.2, -0.15) is 0 Å². The highest BCUT2D eigenvalue weighted by Gasteiger charge is 2.21. The summed E-state index contributed by atoms with van der Waals surface area (Å²) >= 11 is 0. The topological polar surface area (TPSA) is 51.0 Å². The van der Waals surface area contributed by atoms with E-state index in [1.54, 1.807) is 0 Å². The Bertz CT molecular complexity index is 356. The second-order valence-corrected chi connectivity index (χ2v) is 2.86. The van der Waals surface area contributed by atoms with E-state index < -0.39 is 12.3 Å². The molecule has 1 aromatic carbocycles. The molecule has 0 aliphatic carbocycles. The fourth-order valence-corrected chi connectivity index (χ4v) is 1.11. The zero-order valence-corrected chi connectivity index (χ0v) is 7.10. The molecular formula is C9H8N2O2. The molecule has 0 spiro atoms. The van der Waals surface area contributed by atoms with E-state index in [0.717, 1.165) is 11.1 Å². The van der Waals surface area contributed by atoms with Crippen LogP contribution in [0.4, 0.5) is 4.79 Å². The van der Waals surface area contributed by atoms with Crippen LogP contribution in [0.5, 0.6) is 0 Å². The van der Waals surface area contributed by atoms with Crippen molar-refractivity contribution in [2.24, 2.45) is 10.2 Å². The van der Waals surface area contributed by atoms with E-state index in [1.165, 1.54) is 0 Å². The summed E-state index contributed by atoms with van der Waals surface area (Å²) in [6.07, 6.45) is -1.17. The fraction of sp³-hybridized carbons (Fsp3) is 0.222. The lowest BCUT2D eigenvalue weighted by molar-refractivity contribution is 0.133. The highest BCUT2D eigenvalue weighted by atomic mass is 16.6. The second-order valence-electron chi connectivity index (χ2n) is 2.86. The number of carbonyl (C=O) groups is 1. The first-order valence-electron chi connectivity index (χ1n) is 3.94. The predicted octanol–water partition coefficient (Wildman–Crippen LogP) is 2.60. The smallest absolute Gasteiger partial charge is 0.415 e. The summed E-state index contributed by atoms with van der Waals surface area (Å²) in [6, 6.07) is 7.63. The van der Waals surface area contributed by atoms with Gasteiger partial charge in [0, 0.05) is 5.56 Å². The zero-order valence-electron chi connectivity index (χ0n) is 7.10. The van der Waals surface area contributed by atoms with Gasteiger partial charge >= 0.3 is 6.09 Å². The molecule has 0 radical (unpaired) electrons. The minimum absolute atomic E-state index is 0.548. The van der Waals surface area contributed by atoms with Gasteiger partial charge in [0.1, 0.15) is 0 Å². The van der Waals surface area contributed by atoms with Gasteiger partial charge in [-0.05, 0) is 6.92 Å². The predicted molar refractivity (Wildman–Crippen MR) is 45.3 cm³/mol. The van der Waals surface area contributed by atoms with E-state index in [4.69, 9.17) is 4.74 Å². The number of carbonyl (C=O) groups excluding carboxylic acids is 1. The number of cyclic esters (lactones) is 1. The highest BCUT2D eigenvalue weighted by molar-refractivity contribution is 5.69. The Morgan fingerprint density at radius 3 is 2.54 bits per heavy atom. The van der Waals surface area contributed by atoms with Gasteiger partial charge < -0.3 is 4.74 Å². The molecule has 0 saturated heterocycles. The molecule has 0 saturated carbocycles. The lowest BCUT2D eigenvalue weighted by Crippen LogP contribution is -1.97. The van der Waals surface area contributed by atoms with Crippen LogP contribution >= 0.6 is 0 Å². The molecule has 0 N–H and O–H groups in total. The third kappa shape index (κ3) is 1.56. The molecule has 4 nitrogen and oxygen atoms in total. The zero-order chi connectivity index (χ0) is 9.26. The molecule has 4 heteroatoms. The van der Waals surface area contributed by atoms with Crippen molar-refractivity contribution in [2.45, 2.75) is 13.2 Å². The molecule has 0 aromatic heterocycles. The first-order valence-corrected chi connectivity index (χ1v) is 3.94. The Balaban J connectivity index is 2.22. The van der Waals surface area contributed by atoms with Gasteiger partial charge in [-0.1, -0.05) is 34.9 Å². The minimum Gasteiger partial charge on any atom is -0.415 e. The average molecular weight is 176 g/mol. The standard InChI is InChI=1S/C9H8N2O2/c1-6-2-4-7(5-3-6)8-10-11-9(12)13-8/h2-5,8H,1H3. The van der Waals surface area contributed by atoms with Crippen molar-refractivity contribution in [1.29, 1.82) is 0 Å². The van der Waals surface area contributed by atoms with Crippen LogP contribution in [0.2, 0.25) is 0 Å². The highest BCUT2D eigenvalue weighted by Crippen LogP contribution is 2.24. The summed E-state index contributed by atoms with van der Waals surface area (Å²) in [7, 11) is 0. The van der Waals surface area contributed by atoms with Crippen LogP contribution < -0.4 is 0 Å². The summed E-state index contributed by atoms with van der Waals surface area (Å²) in [5.41, 5.74) is 2.00. The number of ether oxygens (including phenoxy) is 1. The van der Waals surface area contributed by atoms with E-state index in [2.05, 4.69) is 10.2 Å². The minimum atomic E-state index is -0.620. The average Bonchev–Trinajstić information content (AvgIpc) is 2.53. The second kappa shape index (κ2) is 2.97. The van der Waals surface area contributed by atoms with Crippen LogP contribution in [0.1, 0.15) is 17.4 Å². The molecular weight excluding hydrogens is 168 g/mol. The Labute approximate surface area is 75.2 Å². The number of amides is 1. The number of rotatable bonds is 1. The molecule has 66 valence electrons. The Morgan fingerprint density at radius 1 is 1.31 bits per heavy atom. The summed E-state index contributed by atoms with van der Waals surface area (Å²) in [4.78, 5) is 10.6. The van der Waals surface area contributed by atoms with Gasteiger partial charge in [-0.3, -0.25) is 0 Å². The molecule has 0 bridgehead atoms. The molecule has 1 aliphatic rings. The monoisotopic (exact) mass is 176 g/mol. The molecule has 1 aromatic rings. The molecule has 1 amide bonds. The van der Waals surface area contributed by atoms with Crippen molar-refractivity contribution in [1.82, 2.24) is 0 Å². The molecule has 13 heavy (non-hydrogen) atoms. The van der Waals surface area contributed by atoms with Crippen LogP contribution in [0.3, 0.4) is 0 Å². The van der Waals surface area contributed by atoms with E-state index in [0.29, 0.717) is 0 Å². The van der Waals surface area contributed by atoms with Crippen molar-refractivity contribution in [3.63, 3.8) is 0 Å². The maximum absolute atomic E-state index is 10.6. The largest absolute Gasteiger partial charge is 0.454 e. The molecule has 1 unspecified atom stereocenters. The number of hydrogen-bond acceptors (Lipinski definition) is 3. The van der Waals surface area contributed by atoms with Crippen LogP contribution in [0, 0.1) is 6.92 Å². The molecule has 1 heterocycles. The first kappa shape index (κ1) is 7.91. The fourth-order valence-electron chi connectivity index (χ4n) is 1.11. The third-order valence-corrected chi connectivity index (χ3v) is 1.82. The summed E-state index contributed by atoms with van der Waals surface area (Å²) < 4.78 is 4.81. The number of azo groups is 1. The van der Waals surface area contributed by atoms with Crippen LogP contribution in [-0.2, 0) is 4.74 Å². The lowest BCUT2D eigenvalue weighted by atomic mass is 10.1. The van der Waals surface area contributed by atoms with Gasteiger partial charge in [-0.25, -0.2) is 4.79 Å². The molecule has 2 rings (SSSR count). The first-order chi connectivity index (χ1) is 6.25. The van der Waals surface area contributed by atoms with E-state index in [9.17, 15) is 4.79 Å². The van der Waals surface area contributed by atoms with Gasteiger partial charge in [-0.15, -0.1) is 5.11 Å². The van der Waals surface area contributed by atoms with Crippen molar-refractivity contribution < 1.29 is 9.53 Å². The maximum Gasteiger partial charge on any atom is 0.454 e. The maximum atomic E-state index is 10.6. The van der Waals surface area contributed by atoms with Gasteiger partial charge in [0.25, 0.3) is 0 Å². The Hall–Kier alpha value is -1.71. The van der Waals surface area contributed by atoms with Crippen molar-refractivity contribution in [2.75, 3.05) is 0 Å². The van der Waals surface area contributed by atoms with Gasteiger partial charge in [0.15, 0.2) is 0 Å². The van der Waals surface area contributed by atoms with Gasteiger partial charge in [0.05, 0.1) is 0 Å². The van der Waals surface area contributed by atoms with Crippen LogP contribution in [-0.4, -0.2) is 6.09 Å². The number of aryl methyl sites for hydroxylation is 1. The van der Waals surface area contributed by atoms with E-state index >= 15 is 0 Å². The summed E-state index contributed by atoms with van der Waals surface area (Å²) in [6.45, 7) is 1.99. The van der Waals surface area contributed by atoms with Crippen LogP contribution in [0.15, 0.2) is 34.5 Å².